The van der Waals surface area contributed by atoms with Crippen molar-refractivity contribution in [2.24, 2.45) is 5.73 Å². The highest BCUT2D eigenvalue weighted by Gasteiger charge is 2.02. The summed E-state index contributed by atoms with van der Waals surface area (Å²) in [7, 11) is 0. The van der Waals surface area contributed by atoms with Gasteiger partial charge in [-0.2, -0.15) is 0 Å². The Morgan fingerprint density at radius 3 is 1.68 bits per heavy atom. The maximum Gasteiger partial charge on any atom is 0.0897 e. The van der Waals surface area contributed by atoms with Gasteiger partial charge in [0, 0.05) is 39.5 Å². The van der Waals surface area contributed by atoms with E-state index in [1.807, 2.05) is 0 Å². The van der Waals surface area contributed by atoms with Crippen molar-refractivity contribution in [3.05, 3.63) is 0 Å². The Labute approximate surface area is 175 Å². The van der Waals surface area contributed by atoms with Crippen LogP contribution in [0.3, 0.4) is 0 Å². The highest BCUT2D eigenvalue weighted by Crippen LogP contribution is 2.09. The summed E-state index contributed by atoms with van der Waals surface area (Å²) in [5.74, 6) is 0. The van der Waals surface area contributed by atoms with Crippen LogP contribution in [-0.4, -0.2) is 57.3 Å². The number of unbranched alkanes of at least 4 members (excludes halogenated alkanes) is 12. The molecular weight excluding hydrogens is 352 g/mol. The molecule has 1 atom stereocenters. The molecule has 0 bridgehead atoms. The van der Waals surface area contributed by atoms with Crippen LogP contribution in [0.2, 0.25) is 0 Å². The first kappa shape index (κ1) is 27.8. The van der Waals surface area contributed by atoms with Crippen molar-refractivity contribution in [1.29, 1.82) is 0 Å². The molecule has 0 spiro atoms. The average Bonchev–Trinajstić information content (AvgIpc) is 2.70. The first-order valence-electron chi connectivity index (χ1n) is 12.1. The highest BCUT2D eigenvalue weighted by atomic mass is 16.5. The molecule has 0 aliphatic heterocycles. The zero-order valence-electron chi connectivity index (χ0n) is 18.8. The maximum atomic E-state index is 9.68. The van der Waals surface area contributed by atoms with E-state index in [0.717, 1.165) is 32.8 Å². The number of nitrogens with two attached hydrogens (primary N) is 1. The molecule has 0 amide bonds. The fraction of sp³-hybridized carbons (Fsp3) is 1.00. The SMILES string of the molecule is CCCCCCCCOCCCCCCCCCCOCC(O)CNCCN. The predicted molar refractivity (Wildman–Crippen MR) is 120 cm³/mol. The highest BCUT2D eigenvalue weighted by molar-refractivity contribution is 4.58. The quantitative estimate of drug-likeness (QED) is 0.208. The van der Waals surface area contributed by atoms with Crippen LogP contribution in [0.25, 0.3) is 0 Å². The lowest BCUT2D eigenvalue weighted by atomic mass is 10.1. The van der Waals surface area contributed by atoms with E-state index in [1.54, 1.807) is 0 Å². The van der Waals surface area contributed by atoms with E-state index in [1.165, 1.54) is 83.5 Å². The van der Waals surface area contributed by atoms with Gasteiger partial charge >= 0.3 is 0 Å². The normalized spacial score (nSPS) is 12.5. The minimum absolute atomic E-state index is 0.415. The van der Waals surface area contributed by atoms with Crippen molar-refractivity contribution in [2.45, 2.75) is 103 Å². The van der Waals surface area contributed by atoms with E-state index in [9.17, 15) is 5.11 Å². The Balaban J connectivity index is 3.05. The Morgan fingerprint density at radius 2 is 1.18 bits per heavy atom. The van der Waals surface area contributed by atoms with Crippen LogP contribution >= 0.6 is 0 Å². The molecule has 0 aromatic carbocycles. The van der Waals surface area contributed by atoms with Gasteiger partial charge in [0.1, 0.15) is 0 Å². The Bertz CT molecular complexity index is 281. The van der Waals surface area contributed by atoms with Gasteiger partial charge in [-0.3, -0.25) is 0 Å². The molecule has 28 heavy (non-hydrogen) atoms. The van der Waals surface area contributed by atoms with Gasteiger partial charge in [0.25, 0.3) is 0 Å². The van der Waals surface area contributed by atoms with Gasteiger partial charge in [-0.1, -0.05) is 77.6 Å². The summed E-state index contributed by atoms with van der Waals surface area (Å²) in [6.07, 6.45) is 17.7. The Hall–Kier alpha value is -0.200. The van der Waals surface area contributed by atoms with Gasteiger partial charge in [0.15, 0.2) is 0 Å². The van der Waals surface area contributed by atoms with E-state index in [4.69, 9.17) is 15.2 Å². The topological polar surface area (TPSA) is 76.7 Å². The van der Waals surface area contributed by atoms with Crippen LogP contribution in [0.5, 0.6) is 0 Å². The molecule has 0 radical (unpaired) electrons. The molecule has 170 valence electrons. The van der Waals surface area contributed by atoms with Gasteiger partial charge < -0.3 is 25.6 Å². The third-order valence-corrected chi connectivity index (χ3v) is 4.98. The van der Waals surface area contributed by atoms with E-state index >= 15 is 0 Å². The van der Waals surface area contributed by atoms with E-state index in [2.05, 4.69) is 12.2 Å². The van der Waals surface area contributed by atoms with Crippen LogP contribution in [0.1, 0.15) is 96.8 Å². The average molecular weight is 403 g/mol. The van der Waals surface area contributed by atoms with E-state index in [0.29, 0.717) is 19.7 Å². The van der Waals surface area contributed by atoms with Gasteiger partial charge in [0.2, 0.25) is 0 Å². The molecule has 1 unspecified atom stereocenters. The molecule has 4 N–H and O–H groups in total. The molecule has 0 fully saturated rings. The van der Waals surface area contributed by atoms with Gasteiger partial charge in [0.05, 0.1) is 12.7 Å². The number of aliphatic hydroxyl groups excluding tert-OH is 1. The van der Waals surface area contributed by atoms with Gasteiger partial charge in [-0.15, -0.1) is 0 Å². The summed E-state index contributed by atoms with van der Waals surface area (Å²) in [6, 6.07) is 0. The van der Waals surface area contributed by atoms with Crippen LogP contribution in [0.4, 0.5) is 0 Å². The summed E-state index contributed by atoms with van der Waals surface area (Å²) in [4.78, 5) is 0. The molecule has 0 heterocycles. The maximum absolute atomic E-state index is 9.68. The third-order valence-electron chi connectivity index (χ3n) is 4.98. The molecule has 0 rings (SSSR count). The number of hydrogen-bond donors (Lipinski definition) is 3. The fourth-order valence-corrected chi connectivity index (χ4v) is 3.20. The molecule has 0 aliphatic carbocycles. The summed E-state index contributed by atoms with van der Waals surface area (Å²) in [5, 5.41) is 12.8. The second kappa shape index (κ2) is 24.8. The van der Waals surface area contributed by atoms with Crippen molar-refractivity contribution in [3.8, 4) is 0 Å². The monoisotopic (exact) mass is 402 g/mol. The summed E-state index contributed by atoms with van der Waals surface area (Å²) in [6.45, 7) is 7.22. The molecule has 0 aromatic rings. The van der Waals surface area contributed by atoms with Crippen molar-refractivity contribution in [3.63, 3.8) is 0 Å². The minimum Gasteiger partial charge on any atom is -0.389 e. The molecule has 0 aromatic heterocycles. The largest absolute Gasteiger partial charge is 0.389 e. The summed E-state index contributed by atoms with van der Waals surface area (Å²) in [5.41, 5.74) is 5.39. The zero-order chi connectivity index (χ0) is 20.5. The number of hydrogen-bond acceptors (Lipinski definition) is 5. The number of aliphatic hydroxyl groups is 1. The number of ether oxygens (including phenoxy) is 2. The number of nitrogens with one attached hydrogen (secondary N) is 1. The van der Waals surface area contributed by atoms with Crippen LogP contribution < -0.4 is 11.1 Å². The molecule has 5 nitrogen and oxygen atoms in total. The van der Waals surface area contributed by atoms with Crippen molar-refractivity contribution >= 4 is 0 Å². The zero-order valence-corrected chi connectivity index (χ0v) is 18.8. The molecule has 0 aliphatic rings. The molecule has 5 heteroatoms. The molecular formula is C23H50N2O3. The molecule has 0 saturated heterocycles. The lowest BCUT2D eigenvalue weighted by molar-refractivity contribution is 0.0356. The fourth-order valence-electron chi connectivity index (χ4n) is 3.20. The number of rotatable bonds is 24. The second-order valence-corrected chi connectivity index (χ2v) is 7.93. The first-order chi connectivity index (χ1) is 13.8. The second-order valence-electron chi connectivity index (χ2n) is 7.93. The Kier molecular flexibility index (Phi) is 24.7. The van der Waals surface area contributed by atoms with Crippen molar-refractivity contribution < 1.29 is 14.6 Å². The van der Waals surface area contributed by atoms with Gasteiger partial charge in [-0.25, -0.2) is 0 Å². The first-order valence-corrected chi connectivity index (χ1v) is 12.1. The summed E-state index contributed by atoms with van der Waals surface area (Å²) >= 11 is 0. The predicted octanol–water partition coefficient (Wildman–Crippen LogP) is 4.41. The van der Waals surface area contributed by atoms with Crippen LogP contribution in [0.15, 0.2) is 0 Å². The van der Waals surface area contributed by atoms with Gasteiger partial charge in [-0.05, 0) is 19.3 Å². The van der Waals surface area contributed by atoms with Crippen molar-refractivity contribution in [1.82, 2.24) is 5.32 Å². The lowest BCUT2D eigenvalue weighted by Gasteiger charge is -2.11. The van der Waals surface area contributed by atoms with Crippen LogP contribution in [0, 0.1) is 0 Å². The Morgan fingerprint density at radius 1 is 0.714 bits per heavy atom. The molecule has 0 saturated carbocycles. The van der Waals surface area contributed by atoms with E-state index in [-0.39, 0.29) is 0 Å². The van der Waals surface area contributed by atoms with Crippen LogP contribution in [-0.2, 0) is 9.47 Å². The third kappa shape index (κ3) is 23.8. The standard InChI is InChI=1S/C23H50N2O3/c1-2-3-4-5-10-13-18-27-19-14-11-8-6-7-9-12-15-20-28-22-23(26)21-25-17-16-24/h23,25-26H,2-22,24H2,1H3. The summed E-state index contributed by atoms with van der Waals surface area (Å²) < 4.78 is 11.2. The smallest absolute Gasteiger partial charge is 0.0897 e. The lowest BCUT2D eigenvalue weighted by Crippen LogP contribution is -2.33. The minimum atomic E-state index is -0.429. The van der Waals surface area contributed by atoms with E-state index < -0.39 is 6.10 Å². The van der Waals surface area contributed by atoms with Crippen molar-refractivity contribution in [2.75, 3.05) is 46.1 Å².